The number of benzene rings is 1. The summed E-state index contributed by atoms with van der Waals surface area (Å²) < 4.78 is 10.4. The summed E-state index contributed by atoms with van der Waals surface area (Å²) in [6.07, 6.45) is 1.06. The fourth-order valence-electron chi connectivity index (χ4n) is 1.81. The summed E-state index contributed by atoms with van der Waals surface area (Å²) in [6.45, 7) is 4.63. The van der Waals surface area contributed by atoms with Crippen LogP contribution in [-0.2, 0) is 16.1 Å². The Bertz CT molecular complexity index is 361. The van der Waals surface area contributed by atoms with E-state index in [1.165, 1.54) is 0 Å². The van der Waals surface area contributed by atoms with Gasteiger partial charge in [-0.15, -0.1) is 0 Å². The number of aliphatic hydroxyl groups is 1. The molecule has 102 valence electrons. The highest BCUT2D eigenvalue weighted by Gasteiger charge is 2.19. The Balaban J connectivity index is 2.60. The maximum absolute atomic E-state index is 10.2. The molecule has 0 aromatic heterocycles. The maximum atomic E-state index is 10.2. The molecule has 0 heterocycles. The zero-order valence-corrected chi connectivity index (χ0v) is 11.8. The Morgan fingerprint density at radius 2 is 2.00 bits per heavy atom. The molecule has 3 heteroatoms. The number of methoxy groups -OCH3 is 2. The number of hydrogen-bond acceptors (Lipinski definition) is 3. The predicted molar refractivity (Wildman–Crippen MR) is 72.4 cm³/mol. The standard InChI is InChI=1S/C15H24O3/c1-15(2,18-4)9-8-14(16)13-7-5-6-12(10-13)11-17-3/h5-7,10,14,16H,8-9,11H2,1-4H3. The first-order valence-electron chi connectivity index (χ1n) is 6.29. The van der Waals surface area contributed by atoms with Crippen LogP contribution in [0.5, 0.6) is 0 Å². The molecule has 1 aromatic rings. The number of hydrogen-bond donors (Lipinski definition) is 1. The second kappa shape index (κ2) is 6.88. The fraction of sp³-hybridized carbons (Fsp3) is 0.600. The lowest BCUT2D eigenvalue weighted by molar-refractivity contribution is 0.00277. The van der Waals surface area contributed by atoms with Gasteiger partial charge in [-0.2, -0.15) is 0 Å². The molecule has 0 aliphatic heterocycles. The minimum atomic E-state index is -0.448. The van der Waals surface area contributed by atoms with Crippen molar-refractivity contribution in [2.75, 3.05) is 14.2 Å². The molecule has 0 saturated heterocycles. The molecule has 1 aromatic carbocycles. The van der Waals surface area contributed by atoms with Crippen LogP contribution in [0.25, 0.3) is 0 Å². The van der Waals surface area contributed by atoms with Crippen molar-refractivity contribution in [1.82, 2.24) is 0 Å². The van der Waals surface area contributed by atoms with Gasteiger partial charge in [-0.25, -0.2) is 0 Å². The van der Waals surface area contributed by atoms with Crippen LogP contribution in [0.1, 0.15) is 43.9 Å². The summed E-state index contributed by atoms with van der Waals surface area (Å²) in [7, 11) is 3.37. The molecule has 0 amide bonds. The van der Waals surface area contributed by atoms with Crippen molar-refractivity contribution in [3.63, 3.8) is 0 Å². The lowest BCUT2D eigenvalue weighted by Gasteiger charge is -2.24. The molecule has 0 spiro atoms. The summed E-state index contributed by atoms with van der Waals surface area (Å²) in [4.78, 5) is 0. The SMILES string of the molecule is COCc1cccc(C(O)CCC(C)(C)OC)c1. The van der Waals surface area contributed by atoms with Crippen molar-refractivity contribution in [3.05, 3.63) is 35.4 Å². The topological polar surface area (TPSA) is 38.7 Å². The Morgan fingerprint density at radius 1 is 1.28 bits per heavy atom. The zero-order chi connectivity index (χ0) is 13.6. The van der Waals surface area contributed by atoms with Crippen LogP contribution in [0.15, 0.2) is 24.3 Å². The van der Waals surface area contributed by atoms with Gasteiger partial charge >= 0.3 is 0 Å². The molecule has 0 aliphatic rings. The van der Waals surface area contributed by atoms with Gasteiger partial charge in [0.15, 0.2) is 0 Å². The van der Waals surface area contributed by atoms with Crippen molar-refractivity contribution >= 4 is 0 Å². The van der Waals surface area contributed by atoms with Crippen molar-refractivity contribution < 1.29 is 14.6 Å². The summed E-state index contributed by atoms with van der Waals surface area (Å²) in [6, 6.07) is 7.89. The largest absolute Gasteiger partial charge is 0.388 e. The van der Waals surface area contributed by atoms with Crippen molar-refractivity contribution in [3.8, 4) is 0 Å². The van der Waals surface area contributed by atoms with E-state index in [0.29, 0.717) is 13.0 Å². The van der Waals surface area contributed by atoms with E-state index in [4.69, 9.17) is 9.47 Å². The lowest BCUT2D eigenvalue weighted by Crippen LogP contribution is -2.23. The average Bonchev–Trinajstić information content (AvgIpc) is 2.37. The van der Waals surface area contributed by atoms with Crippen LogP contribution >= 0.6 is 0 Å². The average molecular weight is 252 g/mol. The Labute approximate surface area is 110 Å². The van der Waals surface area contributed by atoms with Gasteiger partial charge in [-0.1, -0.05) is 24.3 Å². The summed E-state index contributed by atoms with van der Waals surface area (Å²) in [5.41, 5.74) is 1.84. The van der Waals surface area contributed by atoms with E-state index in [9.17, 15) is 5.11 Å². The third-order valence-electron chi connectivity index (χ3n) is 3.22. The van der Waals surface area contributed by atoms with Crippen molar-refractivity contribution in [2.45, 2.75) is 45.0 Å². The zero-order valence-electron chi connectivity index (χ0n) is 11.8. The minimum Gasteiger partial charge on any atom is -0.388 e. The van der Waals surface area contributed by atoms with E-state index < -0.39 is 6.10 Å². The highest BCUT2D eigenvalue weighted by molar-refractivity contribution is 5.24. The Kier molecular flexibility index (Phi) is 5.79. The Hall–Kier alpha value is -0.900. The first kappa shape index (κ1) is 15.2. The van der Waals surface area contributed by atoms with Gasteiger partial charge in [-0.05, 0) is 37.8 Å². The third-order valence-corrected chi connectivity index (χ3v) is 3.22. The number of ether oxygens (including phenoxy) is 2. The highest BCUT2D eigenvalue weighted by Crippen LogP contribution is 2.25. The van der Waals surface area contributed by atoms with Gasteiger partial charge in [0.25, 0.3) is 0 Å². The molecule has 1 unspecified atom stereocenters. The van der Waals surface area contributed by atoms with E-state index in [0.717, 1.165) is 17.5 Å². The summed E-state index contributed by atoms with van der Waals surface area (Å²) in [5, 5.41) is 10.2. The van der Waals surface area contributed by atoms with Crippen LogP contribution in [0.2, 0.25) is 0 Å². The second-order valence-electron chi connectivity index (χ2n) is 5.20. The van der Waals surface area contributed by atoms with Crippen LogP contribution in [-0.4, -0.2) is 24.9 Å². The van der Waals surface area contributed by atoms with E-state index in [1.54, 1.807) is 14.2 Å². The van der Waals surface area contributed by atoms with E-state index in [1.807, 2.05) is 38.1 Å². The summed E-state index contributed by atoms with van der Waals surface area (Å²) >= 11 is 0. The molecule has 0 fully saturated rings. The molecule has 18 heavy (non-hydrogen) atoms. The molecule has 1 rings (SSSR count). The molecular weight excluding hydrogens is 228 g/mol. The molecule has 1 atom stereocenters. The maximum Gasteiger partial charge on any atom is 0.0791 e. The van der Waals surface area contributed by atoms with Crippen LogP contribution in [0, 0.1) is 0 Å². The van der Waals surface area contributed by atoms with E-state index in [-0.39, 0.29) is 5.60 Å². The first-order chi connectivity index (χ1) is 8.48. The Morgan fingerprint density at radius 3 is 2.61 bits per heavy atom. The molecule has 0 radical (unpaired) electrons. The van der Waals surface area contributed by atoms with Crippen molar-refractivity contribution in [1.29, 1.82) is 0 Å². The molecule has 3 nitrogen and oxygen atoms in total. The van der Waals surface area contributed by atoms with Gasteiger partial charge in [-0.3, -0.25) is 0 Å². The van der Waals surface area contributed by atoms with Gasteiger partial charge in [0.2, 0.25) is 0 Å². The highest BCUT2D eigenvalue weighted by atomic mass is 16.5. The van der Waals surface area contributed by atoms with Crippen LogP contribution < -0.4 is 0 Å². The predicted octanol–water partition coefficient (Wildman–Crippen LogP) is 3.07. The lowest BCUT2D eigenvalue weighted by atomic mass is 9.96. The fourth-order valence-corrected chi connectivity index (χ4v) is 1.81. The molecule has 0 aliphatic carbocycles. The van der Waals surface area contributed by atoms with Gasteiger partial charge in [0.1, 0.15) is 0 Å². The second-order valence-corrected chi connectivity index (χ2v) is 5.20. The quantitative estimate of drug-likeness (QED) is 0.810. The van der Waals surface area contributed by atoms with Crippen LogP contribution in [0.4, 0.5) is 0 Å². The summed E-state index contributed by atoms with van der Waals surface area (Å²) in [5.74, 6) is 0. The number of aliphatic hydroxyl groups excluding tert-OH is 1. The van der Waals surface area contributed by atoms with Crippen molar-refractivity contribution in [2.24, 2.45) is 0 Å². The molecule has 0 saturated carbocycles. The van der Waals surface area contributed by atoms with Gasteiger partial charge < -0.3 is 14.6 Å². The molecule has 0 bridgehead atoms. The first-order valence-corrected chi connectivity index (χ1v) is 6.29. The molecular formula is C15H24O3. The smallest absolute Gasteiger partial charge is 0.0791 e. The van der Waals surface area contributed by atoms with E-state index in [2.05, 4.69) is 0 Å². The normalized spacial score (nSPS) is 13.6. The molecule has 1 N–H and O–H groups in total. The monoisotopic (exact) mass is 252 g/mol. The van der Waals surface area contributed by atoms with Gasteiger partial charge in [0.05, 0.1) is 18.3 Å². The van der Waals surface area contributed by atoms with Gasteiger partial charge in [0, 0.05) is 14.2 Å². The number of rotatable bonds is 7. The minimum absolute atomic E-state index is 0.189. The van der Waals surface area contributed by atoms with Crippen LogP contribution in [0.3, 0.4) is 0 Å². The van der Waals surface area contributed by atoms with E-state index >= 15 is 0 Å². The third kappa shape index (κ3) is 4.77.